The largest absolute Gasteiger partial charge is 0.443 e. The van der Waals surface area contributed by atoms with E-state index < -0.39 is 17.1 Å². The van der Waals surface area contributed by atoms with Crippen LogP contribution in [0.1, 0.15) is 40.2 Å². The summed E-state index contributed by atoms with van der Waals surface area (Å²) in [6, 6.07) is 7.52. The fourth-order valence-electron chi connectivity index (χ4n) is 2.22. The van der Waals surface area contributed by atoms with Crippen LogP contribution in [0.15, 0.2) is 30.5 Å². The van der Waals surface area contributed by atoms with Gasteiger partial charge >= 0.3 is 6.09 Å². The van der Waals surface area contributed by atoms with E-state index >= 15 is 0 Å². The number of carbonyl (C=O) groups is 2. The van der Waals surface area contributed by atoms with Crippen LogP contribution in [-0.2, 0) is 14.9 Å². The van der Waals surface area contributed by atoms with Gasteiger partial charge in [0, 0.05) is 17.0 Å². The number of fused-ring (bicyclic) bond motifs is 1. The lowest BCUT2D eigenvalue weighted by atomic mass is 9.86. The molecule has 0 N–H and O–H groups in total. The molecule has 1 aromatic heterocycles. The number of aromatic nitrogens is 1. The molecule has 0 spiro atoms. The second kappa shape index (κ2) is 5.02. The SMILES string of the molecule is CC(C)(C)OC(=O)n1cc(C(C)(C)C=O)c2ccccc21. The van der Waals surface area contributed by atoms with E-state index in [1.807, 2.05) is 58.9 Å². The van der Waals surface area contributed by atoms with E-state index in [0.29, 0.717) is 0 Å². The molecule has 112 valence electrons. The molecule has 0 atom stereocenters. The third kappa shape index (κ3) is 2.99. The van der Waals surface area contributed by atoms with Gasteiger partial charge in [-0.25, -0.2) is 4.79 Å². The van der Waals surface area contributed by atoms with Gasteiger partial charge in [0.1, 0.15) is 11.9 Å². The Morgan fingerprint density at radius 2 is 1.76 bits per heavy atom. The van der Waals surface area contributed by atoms with Crippen molar-refractivity contribution in [2.75, 3.05) is 0 Å². The molecule has 4 nitrogen and oxygen atoms in total. The van der Waals surface area contributed by atoms with Crippen LogP contribution in [0.25, 0.3) is 10.9 Å². The summed E-state index contributed by atoms with van der Waals surface area (Å²) >= 11 is 0. The standard InChI is InChI=1S/C17H21NO3/c1-16(2,3)21-15(20)18-10-13(17(4,5)11-19)12-8-6-7-9-14(12)18/h6-11H,1-5H3. The minimum Gasteiger partial charge on any atom is -0.443 e. The van der Waals surface area contributed by atoms with Gasteiger partial charge in [-0.1, -0.05) is 18.2 Å². The number of benzene rings is 1. The number of ether oxygens (including phenoxy) is 1. The molecule has 0 aliphatic rings. The Morgan fingerprint density at radius 3 is 2.33 bits per heavy atom. The van der Waals surface area contributed by atoms with Crippen molar-refractivity contribution in [1.29, 1.82) is 0 Å². The van der Waals surface area contributed by atoms with Crippen molar-refractivity contribution in [3.8, 4) is 0 Å². The van der Waals surface area contributed by atoms with Crippen molar-refractivity contribution in [2.45, 2.75) is 45.6 Å². The first-order valence-corrected chi connectivity index (χ1v) is 6.96. The zero-order valence-corrected chi connectivity index (χ0v) is 13.1. The summed E-state index contributed by atoms with van der Waals surface area (Å²) in [5.41, 5.74) is 0.339. The monoisotopic (exact) mass is 287 g/mol. The van der Waals surface area contributed by atoms with Gasteiger partial charge in [-0.3, -0.25) is 4.57 Å². The lowest BCUT2D eigenvalue weighted by Gasteiger charge is -2.20. The van der Waals surface area contributed by atoms with E-state index in [1.54, 1.807) is 6.20 Å². The highest BCUT2D eigenvalue weighted by molar-refractivity contribution is 5.94. The van der Waals surface area contributed by atoms with Crippen LogP contribution < -0.4 is 0 Å². The molecule has 4 heteroatoms. The fraction of sp³-hybridized carbons (Fsp3) is 0.412. The van der Waals surface area contributed by atoms with E-state index in [1.165, 1.54) is 4.57 Å². The number of carbonyl (C=O) groups excluding carboxylic acids is 2. The molecule has 0 aliphatic carbocycles. The maximum atomic E-state index is 12.4. The van der Waals surface area contributed by atoms with Crippen molar-refractivity contribution in [2.24, 2.45) is 0 Å². The van der Waals surface area contributed by atoms with Gasteiger partial charge in [0.2, 0.25) is 0 Å². The van der Waals surface area contributed by atoms with Gasteiger partial charge < -0.3 is 9.53 Å². The van der Waals surface area contributed by atoms with Crippen LogP contribution >= 0.6 is 0 Å². The third-order valence-corrected chi connectivity index (χ3v) is 3.29. The van der Waals surface area contributed by atoms with Crippen molar-refractivity contribution in [1.82, 2.24) is 4.57 Å². The lowest BCUT2D eigenvalue weighted by Crippen LogP contribution is -2.27. The quantitative estimate of drug-likeness (QED) is 0.787. The number of hydrogen-bond acceptors (Lipinski definition) is 3. The van der Waals surface area contributed by atoms with Crippen molar-refractivity contribution in [3.63, 3.8) is 0 Å². The topological polar surface area (TPSA) is 48.3 Å². The summed E-state index contributed by atoms with van der Waals surface area (Å²) in [7, 11) is 0. The number of nitrogens with zero attached hydrogens (tertiary/aromatic N) is 1. The Balaban J connectivity index is 2.61. The molecule has 0 aliphatic heterocycles. The highest BCUT2D eigenvalue weighted by Gasteiger charge is 2.27. The second-order valence-corrected chi connectivity index (χ2v) is 6.75. The van der Waals surface area contributed by atoms with Crippen molar-refractivity contribution < 1.29 is 14.3 Å². The maximum Gasteiger partial charge on any atom is 0.419 e. The van der Waals surface area contributed by atoms with Gasteiger partial charge in [0.05, 0.1) is 5.52 Å². The van der Waals surface area contributed by atoms with E-state index in [9.17, 15) is 9.59 Å². The van der Waals surface area contributed by atoms with Crippen LogP contribution in [0.3, 0.4) is 0 Å². The summed E-state index contributed by atoms with van der Waals surface area (Å²) in [6.07, 6.45) is 2.16. The summed E-state index contributed by atoms with van der Waals surface area (Å²) < 4.78 is 6.90. The van der Waals surface area contributed by atoms with E-state index in [0.717, 1.165) is 22.8 Å². The van der Waals surface area contributed by atoms with Crippen LogP contribution in [0.4, 0.5) is 4.79 Å². The van der Waals surface area contributed by atoms with E-state index in [-0.39, 0.29) is 0 Å². The Morgan fingerprint density at radius 1 is 1.14 bits per heavy atom. The Bertz CT molecular complexity index is 690. The zero-order valence-electron chi connectivity index (χ0n) is 13.1. The van der Waals surface area contributed by atoms with Gasteiger partial charge in [-0.05, 0) is 46.2 Å². The van der Waals surface area contributed by atoms with Crippen molar-refractivity contribution in [3.05, 3.63) is 36.0 Å². The first-order valence-electron chi connectivity index (χ1n) is 6.96. The molecule has 0 saturated heterocycles. The first kappa shape index (κ1) is 15.3. The number of para-hydroxylation sites is 1. The summed E-state index contributed by atoms with van der Waals surface area (Å²) in [6.45, 7) is 9.15. The molecule has 0 radical (unpaired) electrons. The highest BCUT2D eigenvalue weighted by Crippen LogP contribution is 2.31. The molecule has 1 aromatic carbocycles. The number of hydrogen-bond donors (Lipinski definition) is 0. The van der Waals surface area contributed by atoms with Gasteiger partial charge in [-0.15, -0.1) is 0 Å². The maximum absolute atomic E-state index is 12.4. The minimum atomic E-state index is -0.660. The Labute approximate surface area is 124 Å². The van der Waals surface area contributed by atoms with E-state index in [4.69, 9.17) is 4.74 Å². The zero-order chi connectivity index (χ0) is 15.8. The lowest BCUT2D eigenvalue weighted by molar-refractivity contribution is -0.111. The molecule has 0 unspecified atom stereocenters. The second-order valence-electron chi connectivity index (χ2n) is 6.75. The summed E-state index contributed by atoms with van der Waals surface area (Å²) in [5.74, 6) is 0. The molecule has 0 amide bonds. The molecular weight excluding hydrogens is 266 g/mol. The van der Waals surface area contributed by atoms with Gasteiger partial charge in [-0.2, -0.15) is 0 Å². The van der Waals surface area contributed by atoms with Crippen LogP contribution in [0.5, 0.6) is 0 Å². The fourth-order valence-corrected chi connectivity index (χ4v) is 2.22. The normalized spacial score (nSPS) is 12.4. The molecule has 21 heavy (non-hydrogen) atoms. The van der Waals surface area contributed by atoms with Gasteiger partial charge in [0.25, 0.3) is 0 Å². The molecule has 2 rings (SSSR count). The highest BCUT2D eigenvalue weighted by atomic mass is 16.6. The predicted octanol–water partition coefficient (Wildman–Crippen LogP) is 3.90. The Hall–Kier alpha value is -2.10. The van der Waals surface area contributed by atoms with Crippen LogP contribution in [0, 0.1) is 0 Å². The Kier molecular flexibility index (Phi) is 3.66. The summed E-state index contributed by atoms with van der Waals surface area (Å²) in [4.78, 5) is 23.7. The minimum absolute atomic E-state index is 0.438. The molecule has 2 aromatic rings. The molecule has 1 heterocycles. The predicted molar refractivity (Wildman–Crippen MR) is 82.7 cm³/mol. The average molecular weight is 287 g/mol. The molecule has 0 saturated carbocycles. The van der Waals surface area contributed by atoms with Crippen molar-refractivity contribution >= 4 is 23.3 Å². The number of aldehydes is 1. The smallest absolute Gasteiger partial charge is 0.419 e. The first-order chi connectivity index (χ1) is 9.65. The van der Waals surface area contributed by atoms with Crippen LogP contribution in [-0.4, -0.2) is 22.5 Å². The van der Waals surface area contributed by atoms with Gasteiger partial charge in [0.15, 0.2) is 0 Å². The average Bonchev–Trinajstić information content (AvgIpc) is 2.77. The van der Waals surface area contributed by atoms with Crippen LogP contribution in [0.2, 0.25) is 0 Å². The summed E-state index contributed by atoms with van der Waals surface area (Å²) in [5, 5.41) is 0.889. The number of rotatable bonds is 2. The third-order valence-electron chi connectivity index (χ3n) is 3.29. The molecule has 0 fully saturated rings. The molecular formula is C17H21NO3. The van der Waals surface area contributed by atoms with E-state index in [2.05, 4.69) is 0 Å². The molecule has 0 bridgehead atoms.